The zero-order valence-corrected chi connectivity index (χ0v) is 27.0. The average molecular weight is 630 g/mol. The number of methoxy groups -OCH3 is 2. The largest absolute Gasteiger partial charge is 0.493 e. The van der Waals surface area contributed by atoms with Crippen LogP contribution < -0.4 is 19.1 Å². The van der Waals surface area contributed by atoms with E-state index in [1.54, 1.807) is 24.3 Å². The Morgan fingerprint density at radius 3 is 2.09 bits per heavy atom. The van der Waals surface area contributed by atoms with E-state index in [1.807, 2.05) is 68.4 Å². The van der Waals surface area contributed by atoms with E-state index in [1.165, 1.54) is 44.4 Å². The molecule has 9 nitrogen and oxygen atoms in total. The van der Waals surface area contributed by atoms with Crippen molar-refractivity contribution in [3.8, 4) is 11.5 Å². The second kappa shape index (κ2) is 14.8. The number of benzene rings is 4. The lowest BCUT2D eigenvalue weighted by Crippen LogP contribution is -2.53. The maximum Gasteiger partial charge on any atom is 0.264 e. The molecular formula is C35H39N3O6S. The SMILES string of the molecule is CNC(=O)C(Cc1ccccc1)N(Cc1ccccc1C)C(=O)CN(c1ccc(OC)c(OC)c1)S(=O)(=O)c1ccc(C)cc1. The lowest BCUT2D eigenvalue weighted by Gasteiger charge is -2.34. The minimum absolute atomic E-state index is 0.0216. The van der Waals surface area contributed by atoms with Crippen molar-refractivity contribution in [3.05, 3.63) is 119 Å². The van der Waals surface area contributed by atoms with Crippen LogP contribution in [-0.2, 0) is 32.6 Å². The molecule has 0 radical (unpaired) electrons. The maximum atomic E-state index is 14.5. The smallest absolute Gasteiger partial charge is 0.264 e. The molecule has 1 N–H and O–H groups in total. The fraction of sp³-hybridized carbons (Fsp3) is 0.257. The van der Waals surface area contributed by atoms with Crippen molar-refractivity contribution in [2.75, 3.05) is 32.1 Å². The Hall–Kier alpha value is -4.83. The first-order valence-corrected chi connectivity index (χ1v) is 15.9. The lowest BCUT2D eigenvalue weighted by atomic mass is 10.0. The summed E-state index contributed by atoms with van der Waals surface area (Å²) in [4.78, 5) is 29.4. The first-order valence-electron chi connectivity index (χ1n) is 14.5. The summed E-state index contributed by atoms with van der Waals surface area (Å²) < 4.78 is 40.3. The average Bonchev–Trinajstić information content (AvgIpc) is 3.05. The zero-order chi connectivity index (χ0) is 32.6. The summed E-state index contributed by atoms with van der Waals surface area (Å²) in [5.41, 5.74) is 3.73. The van der Waals surface area contributed by atoms with Crippen LogP contribution in [0.3, 0.4) is 0 Å². The molecular weight excluding hydrogens is 590 g/mol. The Morgan fingerprint density at radius 2 is 1.47 bits per heavy atom. The van der Waals surface area contributed by atoms with Gasteiger partial charge in [0.25, 0.3) is 10.0 Å². The molecule has 0 aliphatic heterocycles. The van der Waals surface area contributed by atoms with Gasteiger partial charge in [0.2, 0.25) is 11.8 Å². The molecule has 0 spiro atoms. The molecule has 4 aromatic rings. The molecule has 0 saturated carbocycles. The number of anilines is 1. The number of carbonyl (C=O) groups is 2. The van der Waals surface area contributed by atoms with Gasteiger partial charge in [-0.2, -0.15) is 0 Å². The third-order valence-corrected chi connectivity index (χ3v) is 9.45. The Balaban J connectivity index is 1.83. The predicted octanol–water partition coefficient (Wildman–Crippen LogP) is 4.90. The summed E-state index contributed by atoms with van der Waals surface area (Å²) in [5.74, 6) is -0.201. The van der Waals surface area contributed by atoms with E-state index in [4.69, 9.17) is 9.47 Å². The molecule has 1 atom stereocenters. The third kappa shape index (κ3) is 7.82. The number of hydrogen-bond donors (Lipinski definition) is 1. The second-order valence-corrected chi connectivity index (χ2v) is 12.5. The van der Waals surface area contributed by atoms with Gasteiger partial charge < -0.3 is 19.7 Å². The van der Waals surface area contributed by atoms with Crippen molar-refractivity contribution in [2.24, 2.45) is 0 Å². The van der Waals surface area contributed by atoms with E-state index in [2.05, 4.69) is 5.32 Å². The molecule has 0 heterocycles. The lowest BCUT2D eigenvalue weighted by molar-refractivity contribution is -0.139. The minimum Gasteiger partial charge on any atom is -0.493 e. The predicted molar refractivity (Wildman–Crippen MR) is 175 cm³/mol. The minimum atomic E-state index is -4.25. The van der Waals surface area contributed by atoms with Gasteiger partial charge in [0.05, 0.1) is 24.8 Å². The molecule has 4 rings (SSSR count). The molecule has 0 bridgehead atoms. The Morgan fingerprint density at radius 1 is 0.822 bits per heavy atom. The van der Waals surface area contributed by atoms with Gasteiger partial charge in [0.15, 0.2) is 11.5 Å². The van der Waals surface area contributed by atoms with Gasteiger partial charge in [-0.1, -0.05) is 72.3 Å². The molecule has 0 aliphatic rings. The number of likely N-dealkylation sites (N-methyl/N-ethyl adjacent to an activating group) is 1. The van der Waals surface area contributed by atoms with E-state index in [-0.39, 0.29) is 29.5 Å². The molecule has 45 heavy (non-hydrogen) atoms. The Kier molecular flexibility index (Phi) is 10.9. The second-order valence-electron chi connectivity index (χ2n) is 10.6. The van der Waals surface area contributed by atoms with Crippen molar-refractivity contribution >= 4 is 27.5 Å². The fourth-order valence-electron chi connectivity index (χ4n) is 5.04. The number of sulfonamides is 1. The van der Waals surface area contributed by atoms with Gasteiger partial charge in [-0.15, -0.1) is 0 Å². The topological polar surface area (TPSA) is 105 Å². The summed E-state index contributed by atoms with van der Waals surface area (Å²) in [6.07, 6.45) is 0.235. The molecule has 0 aliphatic carbocycles. The van der Waals surface area contributed by atoms with E-state index >= 15 is 0 Å². The molecule has 2 amide bonds. The highest BCUT2D eigenvalue weighted by atomic mass is 32.2. The number of nitrogens with one attached hydrogen (secondary N) is 1. The van der Waals surface area contributed by atoms with Crippen LogP contribution in [-0.4, -0.2) is 59.0 Å². The van der Waals surface area contributed by atoms with Crippen molar-refractivity contribution in [2.45, 2.75) is 37.8 Å². The van der Waals surface area contributed by atoms with Crippen LogP contribution in [0.15, 0.2) is 102 Å². The number of amides is 2. The first kappa shape index (κ1) is 33.1. The highest BCUT2D eigenvalue weighted by molar-refractivity contribution is 7.92. The normalized spacial score (nSPS) is 11.8. The van der Waals surface area contributed by atoms with Crippen LogP contribution >= 0.6 is 0 Å². The summed E-state index contributed by atoms with van der Waals surface area (Å²) in [7, 11) is 0.210. The van der Waals surface area contributed by atoms with Crippen LogP contribution in [0.4, 0.5) is 5.69 Å². The van der Waals surface area contributed by atoms with Gasteiger partial charge in [-0.3, -0.25) is 13.9 Å². The summed E-state index contributed by atoms with van der Waals surface area (Å²) in [5, 5.41) is 2.70. The molecule has 0 aromatic heterocycles. The van der Waals surface area contributed by atoms with Gasteiger partial charge >= 0.3 is 0 Å². The number of hydrogen-bond acceptors (Lipinski definition) is 6. The van der Waals surface area contributed by atoms with Gasteiger partial charge in [-0.25, -0.2) is 8.42 Å². The van der Waals surface area contributed by atoms with Gasteiger partial charge in [0.1, 0.15) is 12.6 Å². The number of aryl methyl sites for hydroxylation is 2. The monoisotopic (exact) mass is 629 g/mol. The van der Waals surface area contributed by atoms with Crippen LogP contribution in [0.5, 0.6) is 11.5 Å². The Bertz CT molecular complexity index is 1730. The maximum absolute atomic E-state index is 14.5. The van der Waals surface area contributed by atoms with Crippen LogP contribution in [0, 0.1) is 13.8 Å². The van der Waals surface area contributed by atoms with E-state index in [9.17, 15) is 18.0 Å². The van der Waals surface area contributed by atoms with Gasteiger partial charge in [0, 0.05) is 26.1 Å². The molecule has 236 valence electrons. The number of ether oxygens (including phenoxy) is 2. The van der Waals surface area contributed by atoms with Crippen molar-refractivity contribution in [3.63, 3.8) is 0 Å². The number of rotatable bonds is 13. The molecule has 0 saturated heterocycles. The van der Waals surface area contributed by atoms with Gasteiger partial charge in [-0.05, 0) is 54.8 Å². The van der Waals surface area contributed by atoms with Crippen LogP contribution in [0.2, 0.25) is 0 Å². The molecule has 4 aromatic carbocycles. The van der Waals surface area contributed by atoms with Crippen molar-refractivity contribution in [1.29, 1.82) is 0 Å². The van der Waals surface area contributed by atoms with Crippen LogP contribution in [0.25, 0.3) is 0 Å². The fourth-order valence-corrected chi connectivity index (χ4v) is 6.44. The van der Waals surface area contributed by atoms with E-state index in [0.29, 0.717) is 11.5 Å². The summed E-state index contributed by atoms with van der Waals surface area (Å²) >= 11 is 0. The number of carbonyl (C=O) groups excluding carboxylic acids is 2. The van der Waals surface area contributed by atoms with Crippen molar-refractivity contribution < 1.29 is 27.5 Å². The zero-order valence-electron chi connectivity index (χ0n) is 26.2. The quantitative estimate of drug-likeness (QED) is 0.226. The van der Waals surface area contributed by atoms with Crippen LogP contribution in [0.1, 0.15) is 22.3 Å². The molecule has 0 fully saturated rings. The Labute approximate surface area is 265 Å². The highest BCUT2D eigenvalue weighted by Gasteiger charge is 2.34. The molecule has 10 heteroatoms. The summed E-state index contributed by atoms with van der Waals surface area (Å²) in [6, 6.07) is 27.2. The number of nitrogens with zero attached hydrogens (tertiary/aromatic N) is 2. The standard InChI is InChI=1S/C35H39N3O6S/c1-25-15-18-30(19-16-25)45(41,42)38(29-17-20-32(43-4)33(22-29)44-5)24-34(39)37(23-28-14-10-9-11-26(28)2)31(35(40)36-3)21-27-12-7-6-8-13-27/h6-20,22,31H,21,23-24H2,1-5H3,(H,36,40). The summed E-state index contributed by atoms with van der Waals surface area (Å²) in [6.45, 7) is 3.32. The van der Waals surface area contributed by atoms with E-state index in [0.717, 1.165) is 26.6 Å². The first-order chi connectivity index (χ1) is 21.6. The third-order valence-electron chi connectivity index (χ3n) is 7.66. The van der Waals surface area contributed by atoms with E-state index < -0.39 is 28.5 Å². The molecule has 1 unspecified atom stereocenters. The highest BCUT2D eigenvalue weighted by Crippen LogP contribution is 2.34. The van der Waals surface area contributed by atoms with Crippen molar-refractivity contribution in [1.82, 2.24) is 10.2 Å².